The normalized spacial score (nSPS) is 16.8. The summed E-state index contributed by atoms with van der Waals surface area (Å²) >= 11 is 0. The Morgan fingerprint density at radius 1 is 1.25 bits per heavy atom. The number of ether oxygens (including phenoxy) is 2. The monoisotopic (exact) mass is 335 g/mol. The van der Waals surface area contributed by atoms with Crippen LogP contribution in [0, 0.1) is 5.92 Å². The Labute approximate surface area is 142 Å². The fourth-order valence-electron chi connectivity index (χ4n) is 2.55. The molecular formula is C18H25NO5. The lowest BCUT2D eigenvalue weighted by atomic mass is 10.0. The van der Waals surface area contributed by atoms with E-state index in [0.29, 0.717) is 37.7 Å². The van der Waals surface area contributed by atoms with Crippen molar-refractivity contribution >= 4 is 11.9 Å². The molecule has 2 rings (SSSR count). The number of hydrogen-bond acceptors (Lipinski definition) is 4. The molecule has 1 aromatic rings. The lowest BCUT2D eigenvalue weighted by molar-refractivity contribution is -0.137. The van der Waals surface area contributed by atoms with Crippen molar-refractivity contribution < 1.29 is 24.2 Å². The molecule has 1 atom stereocenters. The molecule has 132 valence electrons. The van der Waals surface area contributed by atoms with Gasteiger partial charge < -0.3 is 19.9 Å². The van der Waals surface area contributed by atoms with Gasteiger partial charge in [0.1, 0.15) is 5.75 Å². The quantitative estimate of drug-likeness (QED) is 0.641. The number of aliphatic carboxylic acids is 1. The van der Waals surface area contributed by atoms with E-state index in [1.807, 2.05) is 24.3 Å². The molecule has 0 saturated carbocycles. The minimum Gasteiger partial charge on any atom is -0.494 e. The van der Waals surface area contributed by atoms with Crippen LogP contribution in [0.2, 0.25) is 0 Å². The number of rotatable bonds is 10. The molecule has 1 heterocycles. The van der Waals surface area contributed by atoms with E-state index in [1.54, 1.807) is 0 Å². The molecule has 1 aliphatic rings. The van der Waals surface area contributed by atoms with Gasteiger partial charge in [0.15, 0.2) is 0 Å². The summed E-state index contributed by atoms with van der Waals surface area (Å²) in [5.74, 6) is 0.478. The molecule has 6 nitrogen and oxygen atoms in total. The molecule has 1 aromatic carbocycles. The molecule has 0 spiro atoms. The zero-order valence-corrected chi connectivity index (χ0v) is 13.8. The molecule has 1 amide bonds. The molecule has 1 saturated heterocycles. The van der Waals surface area contributed by atoms with Crippen molar-refractivity contribution in [3.05, 3.63) is 29.8 Å². The van der Waals surface area contributed by atoms with Gasteiger partial charge in [0, 0.05) is 32.6 Å². The zero-order chi connectivity index (χ0) is 17.2. The van der Waals surface area contributed by atoms with E-state index in [9.17, 15) is 9.59 Å². The fraction of sp³-hybridized carbons (Fsp3) is 0.556. The van der Waals surface area contributed by atoms with Crippen molar-refractivity contribution in [1.82, 2.24) is 5.32 Å². The minimum absolute atomic E-state index is 0.0656. The van der Waals surface area contributed by atoms with Gasteiger partial charge >= 0.3 is 5.97 Å². The van der Waals surface area contributed by atoms with Gasteiger partial charge in [0.05, 0.1) is 6.61 Å². The van der Waals surface area contributed by atoms with Gasteiger partial charge in [-0.15, -0.1) is 0 Å². The molecule has 0 aromatic heterocycles. The smallest absolute Gasteiger partial charge is 0.303 e. The third kappa shape index (κ3) is 7.00. The summed E-state index contributed by atoms with van der Waals surface area (Å²) in [6, 6.07) is 7.46. The van der Waals surface area contributed by atoms with E-state index >= 15 is 0 Å². The highest BCUT2D eigenvalue weighted by atomic mass is 16.5. The second-order valence-electron chi connectivity index (χ2n) is 6.03. The maximum atomic E-state index is 11.8. The van der Waals surface area contributed by atoms with Gasteiger partial charge in [0.2, 0.25) is 5.91 Å². The molecule has 1 aliphatic heterocycles. The average Bonchev–Trinajstić information content (AvgIpc) is 3.09. The summed E-state index contributed by atoms with van der Waals surface area (Å²) in [4.78, 5) is 22.3. The van der Waals surface area contributed by atoms with Gasteiger partial charge in [-0.3, -0.25) is 9.59 Å². The van der Waals surface area contributed by atoms with E-state index in [-0.39, 0.29) is 12.3 Å². The Kier molecular flexibility index (Phi) is 7.55. The second-order valence-corrected chi connectivity index (χ2v) is 6.03. The lowest BCUT2D eigenvalue weighted by Crippen LogP contribution is -2.23. The van der Waals surface area contributed by atoms with Gasteiger partial charge in [-0.2, -0.15) is 0 Å². The fourth-order valence-corrected chi connectivity index (χ4v) is 2.55. The highest BCUT2D eigenvalue weighted by Crippen LogP contribution is 2.18. The summed E-state index contributed by atoms with van der Waals surface area (Å²) in [6.07, 6.45) is 3.07. The van der Waals surface area contributed by atoms with Crippen molar-refractivity contribution in [1.29, 1.82) is 0 Å². The van der Waals surface area contributed by atoms with E-state index in [0.717, 1.165) is 31.6 Å². The van der Waals surface area contributed by atoms with Crippen molar-refractivity contribution in [3.63, 3.8) is 0 Å². The summed E-state index contributed by atoms with van der Waals surface area (Å²) in [5, 5.41) is 11.5. The van der Waals surface area contributed by atoms with Crippen molar-refractivity contribution in [3.8, 4) is 5.75 Å². The summed E-state index contributed by atoms with van der Waals surface area (Å²) in [6.45, 7) is 2.48. The molecule has 0 aliphatic carbocycles. The van der Waals surface area contributed by atoms with E-state index in [2.05, 4.69) is 5.32 Å². The topological polar surface area (TPSA) is 84.9 Å². The molecule has 0 radical (unpaired) electrons. The Hall–Kier alpha value is -2.08. The standard InChI is InChI=1S/C18H25NO5/c20-17(8-5-15-9-11-23-13-15)19-12-14-3-6-16(7-4-14)24-10-1-2-18(21)22/h3-4,6-7,15H,1-2,5,8-13H2,(H,19,20)(H,21,22). The van der Waals surface area contributed by atoms with Gasteiger partial charge in [-0.1, -0.05) is 12.1 Å². The van der Waals surface area contributed by atoms with Crippen LogP contribution in [0.5, 0.6) is 5.75 Å². The van der Waals surface area contributed by atoms with Crippen LogP contribution < -0.4 is 10.1 Å². The largest absolute Gasteiger partial charge is 0.494 e. The molecule has 24 heavy (non-hydrogen) atoms. The summed E-state index contributed by atoms with van der Waals surface area (Å²) in [5.41, 5.74) is 1.01. The highest BCUT2D eigenvalue weighted by Gasteiger charge is 2.16. The molecule has 6 heteroatoms. The number of benzene rings is 1. The SMILES string of the molecule is O=C(O)CCCOc1ccc(CNC(=O)CCC2CCOC2)cc1. The predicted octanol–water partition coefficient (Wildman–Crippen LogP) is 2.36. The predicted molar refractivity (Wildman–Crippen MR) is 88.8 cm³/mol. The number of nitrogens with one attached hydrogen (secondary N) is 1. The third-order valence-corrected chi connectivity index (χ3v) is 4.02. The zero-order valence-electron chi connectivity index (χ0n) is 13.8. The maximum Gasteiger partial charge on any atom is 0.303 e. The number of amides is 1. The second kappa shape index (κ2) is 9.93. The first-order valence-electron chi connectivity index (χ1n) is 8.41. The molecule has 2 N–H and O–H groups in total. The first-order valence-corrected chi connectivity index (χ1v) is 8.41. The maximum absolute atomic E-state index is 11.8. The Bertz CT molecular complexity index is 523. The van der Waals surface area contributed by atoms with Crippen LogP contribution in [0.1, 0.15) is 37.7 Å². The molecule has 1 fully saturated rings. The van der Waals surface area contributed by atoms with Gasteiger partial charge in [-0.05, 0) is 42.9 Å². The van der Waals surface area contributed by atoms with Crippen LogP contribution in [-0.4, -0.2) is 36.8 Å². The van der Waals surface area contributed by atoms with E-state index in [4.69, 9.17) is 14.6 Å². The molecule has 1 unspecified atom stereocenters. The highest BCUT2D eigenvalue weighted by molar-refractivity contribution is 5.75. The van der Waals surface area contributed by atoms with Crippen molar-refractivity contribution in [2.75, 3.05) is 19.8 Å². The van der Waals surface area contributed by atoms with Crippen LogP contribution in [0.15, 0.2) is 24.3 Å². The first kappa shape index (κ1) is 18.3. The van der Waals surface area contributed by atoms with Crippen molar-refractivity contribution in [2.24, 2.45) is 5.92 Å². The molecular weight excluding hydrogens is 310 g/mol. The van der Waals surface area contributed by atoms with E-state index in [1.165, 1.54) is 0 Å². The summed E-state index contributed by atoms with van der Waals surface area (Å²) < 4.78 is 10.8. The minimum atomic E-state index is -0.815. The van der Waals surface area contributed by atoms with Crippen molar-refractivity contribution in [2.45, 2.75) is 38.6 Å². The molecule has 0 bridgehead atoms. The third-order valence-electron chi connectivity index (χ3n) is 4.02. The number of carboxylic acids is 1. The Balaban J connectivity index is 1.61. The number of carboxylic acid groups (broad SMARTS) is 1. The van der Waals surface area contributed by atoms with Crippen LogP contribution in [0.25, 0.3) is 0 Å². The van der Waals surface area contributed by atoms with Gasteiger partial charge in [-0.25, -0.2) is 0 Å². The van der Waals surface area contributed by atoms with E-state index < -0.39 is 5.97 Å². The number of hydrogen-bond donors (Lipinski definition) is 2. The summed E-state index contributed by atoms with van der Waals surface area (Å²) in [7, 11) is 0. The van der Waals surface area contributed by atoms with Crippen LogP contribution in [0.4, 0.5) is 0 Å². The van der Waals surface area contributed by atoms with Crippen LogP contribution in [-0.2, 0) is 20.9 Å². The van der Waals surface area contributed by atoms with Gasteiger partial charge in [0.25, 0.3) is 0 Å². The van der Waals surface area contributed by atoms with Crippen LogP contribution in [0.3, 0.4) is 0 Å². The first-order chi connectivity index (χ1) is 11.6. The van der Waals surface area contributed by atoms with Crippen LogP contribution >= 0.6 is 0 Å². The number of carbonyl (C=O) groups excluding carboxylic acids is 1. The lowest BCUT2D eigenvalue weighted by Gasteiger charge is -2.09. The number of carbonyl (C=O) groups is 2. The average molecular weight is 335 g/mol. The Morgan fingerprint density at radius 3 is 2.71 bits per heavy atom. The Morgan fingerprint density at radius 2 is 2.04 bits per heavy atom.